The predicted molar refractivity (Wildman–Crippen MR) is 111 cm³/mol. The van der Waals surface area contributed by atoms with Crippen LogP contribution in [0.3, 0.4) is 0 Å². The van der Waals surface area contributed by atoms with E-state index in [4.69, 9.17) is 4.74 Å². The quantitative estimate of drug-likeness (QED) is 0.462. The number of rotatable bonds is 4. The molecular weight excluding hydrogens is 384 g/mol. The summed E-state index contributed by atoms with van der Waals surface area (Å²) in [6.45, 7) is 0.341. The Hall–Kier alpha value is -4.27. The molecule has 1 aromatic carbocycles. The van der Waals surface area contributed by atoms with Crippen molar-refractivity contribution >= 4 is 21.8 Å². The Morgan fingerprint density at radius 1 is 1.00 bits per heavy atom. The maximum absolute atomic E-state index is 13.1. The van der Waals surface area contributed by atoms with Crippen LogP contribution in [0.4, 0.5) is 0 Å². The van der Waals surface area contributed by atoms with Gasteiger partial charge in [-0.1, -0.05) is 18.2 Å². The first-order valence-corrected chi connectivity index (χ1v) is 9.19. The fourth-order valence-corrected chi connectivity index (χ4v) is 3.49. The molecule has 148 valence electrons. The first kappa shape index (κ1) is 17.8. The summed E-state index contributed by atoms with van der Waals surface area (Å²) in [6, 6.07) is 12.6. The maximum atomic E-state index is 13.1. The van der Waals surface area contributed by atoms with E-state index in [2.05, 4.69) is 20.2 Å². The topological polar surface area (TPSA) is 108 Å². The zero-order valence-corrected chi connectivity index (χ0v) is 15.9. The highest BCUT2D eigenvalue weighted by Crippen LogP contribution is 2.19. The second-order valence-electron chi connectivity index (χ2n) is 6.71. The minimum Gasteiger partial charge on any atom is -0.496 e. The number of benzene rings is 1. The molecule has 0 amide bonds. The highest BCUT2D eigenvalue weighted by molar-refractivity contribution is 5.91. The van der Waals surface area contributed by atoms with Gasteiger partial charge in [-0.25, -0.2) is 10.1 Å². The molecule has 0 spiro atoms. The third-order valence-electron chi connectivity index (χ3n) is 4.98. The van der Waals surface area contributed by atoms with Gasteiger partial charge in [0.15, 0.2) is 0 Å². The van der Waals surface area contributed by atoms with Crippen LogP contribution in [-0.4, -0.2) is 36.4 Å². The van der Waals surface area contributed by atoms with Gasteiger partial charge in [0.2, 0.25) is 5.95 Å². The van der Waals surface area contributed by atoms with E-state index in [0.717, 1.165) is 5.56 Å². The van der Waals surface area contributed by atoms with Crippen molar-refractivity contribution in [3.05, 3.63) is 87.5 Å². The van der Waals surface area contributed by atoms with Gasteiger partial charge >= 0.3 is 0 Å². The van der Waals surface area contributed by atoms with Gasteiger partial charge in [-0.3, -0.25) is 14.2 Å². The Morgan fingerprint density at radius 2 is 1.77 bits per heavy atom. The summed E-state index contributed by atoms with van der Waals surface area (Å²) in [5.74, 6) is 1.000. The molecule has 0 radical (unpaired) electrons. The molecule has 0 aliphatic heterocycles. The fraction of sp³-hybridized carbons (Fsp3) is 0.0952. The van der Waals surface area contributed by atoms with Gasteiger partial charge in [0.05, 0.1) is 35.5 Å². The molecular formula is C21H16N6O3. The first-order chi connectivity index (χ1) is 14.7. The first-order valence-electron chi connectivity index (χ1n) is 9.19. The number of aromatic nitrogens is 6. The average Bonchev–Trinajstić information content (AvgIpc) is 3.30. The normalized spacial score (nSPS) is 11.2. The van der Waals surface area contributed by atoms with E-state index >= 15 is 0 Å². The zero-order chi connectivity index (χ0) is 20.7. The van der Waals surface area contributed by atoms with Crippen molar-refractivity contribution < 1.29 is 4.74 Å². The number of nitrogens with zero attached hydrogens (tertiary/aromatic N) is 5. The van der Waals surface area contributed by atoms with Gasteiger partial charge in [-0.05, 0) is 24.3 Å². The van der Waals surface area contributed by atoms with Crippen LogP contribution >= 0.6 is 0 Å². The lowest BCUT2D eigenvalue weighted by molar-refractivity contribution is 0.408. The Morgan fingerprint density at radius 3 is 2.53 bits per heavy atom. The number of ether oxygens (including phenoxy) is 1. The summed E-state index contributed by atoms with van der Waals surface area (Å²) in [5, 5.41) is 7.13. The summed E-state index contributed by atoms with van der Waals surface area (Å²) < 4.78 is 8.29. The average molecular weight is 400 g/mol. The van der Waals surface area contributed by atoms with E-state index in [1.54, 1.807) is 42.3 Å². The molecule has 0 aliphatic rings. The Labute approximate surface area is 169 Å². The number of hydrogen-bond donors (Lipinski definition) is 1. The molecule has 0 saturated heterocycles. The van der Waals surface area contributed by atoms with E-state index in [0.29, 0.717) is 40.0 Å². The van der Waals surface area contributed by atoms with Crippen LogP contribution < -0.4 is 15.9 Å². The van der Waals surface area contributed by atoms with Gasteiger partial charge < -0.3 is 9.30 Å². The van der Waals surface area contributed by atoms with E-state index in [1.807, 2.05) is 24.3 Å². The van der Waals surface area contributed by atoms with Crippen molar-refractivity contribution in [3.8, 4) is 11.7 Å². The van der Waals surface area contributed by atoms with Crippen LogP contribution in [0.25, 0.3) is 27.8 Å². The van der Waals surface area contributed by atoms with Gasteiger partial charge in [0.1, 0.15) is 12.1 Å². The maximum Gasteiger partial charge on any atom is 0.266 e. The van der Waals surface area contributed by atoms with E-state index in [9.17, 15) is 9.59 Å². The number of H-pyrrole nitrogens is 1. The minimum atomic E-state index is -0.335. The van der Waals surface area contributed by atoms with Crippen molar-refractivity contribution in [2.24, 2.45) is 0 Å². The molecule has 5 aromatic rings. The Kier molecular flexibility index (Phi) is 4.13. The summed E-state index contributed by atoms with van der Waals surface area (Å²) in [5.41, 5.74) is 1.34. The highest BCUT2D eigenvalue weighted by Gasteiger charge is 2.12. The van der Waals surface area contributed by atoms with E-state index < -0.39 is 0 Å². The molecule has 0 aliphatic carbocycles. The number of hydrogen-bond acceptors (Lipinski definition) is 6. The molecule has 30 heavy (non-hydrogen) atoms. The smallest absolute Gasteiger partial charge is 0.266 e. The SMILES string of the molecule is COc1ccccc1Cn1ccc2nc3ccn(-c4ncn[nH]4)c(=O)c3cc2c1=O. The molecule has 1 N–H and O–H groups in total. The lowest BCUT2D eigenvalue weighted by Crippen LogP contribution is -2.22. The second kappa shape index (κ2) is 6.96. The predicted octanol–water partition coefficient (Wildman–Crippen LogP) is 1.88. The summed E-state index contributed by atoms with van der Waals surface area (Å²) in [6.07, 6.45) is 4.60. The third-order valence-corrected chi connectivity index (χ3v) is 4.98. The number of methoxy groups -OCH3 is 1. The number of para-hydroxylation sites is 1. The van der Waals surface area contributed by atoms with Crippen molar-refractivity contribution in [2.75, 3.05) is 7.11 Å². The van der Waals surface area contributed by atoms with Crippen LogP contribution in [-0.2, 0) is 6.54 Å². The molecule has 0 bridgehead atoms. The van der Waals surface area contributed by atoms with E-state index in [1.165, 1.54) is 10.9 Å². The van der Waals surface area contributed by atoms with E-state index in [-0.39, 0.29) is 11.1 Å². The Bertz CT molecular complexity index is 1500. The van der Waals surface area contributed by atoms with Crippen LogP contribution in [0.1, 0.15) is 5.56 Å². The monoisotopic (exact) mass is 400 g/mol. The van der Waals surface area contributed by atoms with Gasteiger partial charge in [-0.2, -0.15) is 10.1 Å². The minimum absolute atomic E-state index is 0.234. The lowest BCUT2D eigenvalue weighted by atomic mass is 10.1. The largest absolute Gasteiger partial charge is 0.496 e. The molecule has 9 heteroatoms. The highest BCUT2D eigenvalue weighted by atomic mass is 16.5. The van der Waals surface area contributed by atoms with Crippen LogP contribution in [0.5, 0.6) is 5.75 Å². The fourth-order valence-electron chi connectivity index (χ4n) is 3.49. The third kappa shape index (κ3) is 2.84. The van der Waals surface area contributed by atoms with Crippen LogP contribution in [0, 0.1) is 0 Å². The van der Waals surface area contributed by atoms with Crippen molar-refractivity contribution in [1.82, 2.24) is 29.3 Å². The number of fused-ring (bicyclic) bond motifs is 2. The molecule has 0 unspecified atom stereocenters. The lowest BCUT2D eigenvalue weighted by Gasteiger charge is -2.11. The molecule has 0 saturated carbocycles. The van der Waals surface area contributed by atoms with Crippen molar-refractivity contribution in [2.45, 2.75) is 6.54 Å². The van der Waals surface area contributed by atoms with Gasteiger partial charge in [-0.15, -0.1) is 0 Å². The number of nitrogens with one attached hydrogen (secondary N) is 1. The molecule has 4 heterocycles. The molecule has 0 fully saturated rings. The molecule has 5 rings (SSSR count). The zero-order valence-electron chi connectivity index (χ0n) is 15.9. The Balaban J connectivity index is 1.68. The van der Waals surface area contributed by atoms with Crippen LogP contribution in [0.2, 0.25) is 0 Å². The van der Waals surface area contributed by atoms with Crippen molar-refractivity contribution in [1.29, 1.82) is 0 Å². The number of aromatic amines is 1. The molecule has 4 aromatic heterocycles. The van der Waals surface area contributed by atoms with Crippen molar-refractivity contribution in [3.63, 3.8) is 0 Å². The summed E-state index contributed by atoms with van der Waals surface area (Å²) in [4.78, 5) is 34.6. The summed E-state index contributed by atoms with van der Waals surface area (Å²) >= 11 is 0. The summed E-state index contributed by atoms with van der Waals surface area (Å²) in [7, 11) is 1.59. The number of pyridine rings is 3. The standard InChI is InChI=1S/C21H16N6O3/c1-30-18-5-3-2-4-13(18)11-26-8-6-16-14(19(26)28)10-15-17(24-16)7-9-27(20(15)29)21-22-12-23-25-21/h2-10,12H,11H2,1H3,(H,22,23,25). The molecule has 0 atom stereocenters. The van der Waals surface area contributed by atoms with Crippen LogP contribution in [0.15, 0.2) is 70.8 Å². The molecule has 9 nitrogen and oxygen atoms in total. The van der Waals surface area contributed by atoms with Gasteiger partial charge in [0, 0.05) is 18.0 Å². The van der Waals surface area contributed by atoms with Gasteiger partial charge in [0.25, 0.3) is 11.1 Å². The second-order valence-corrected chi connectivity index (χ2v) is 6.71.